The first-order valence-electron chi connectivity index (χ1n) is 9.31. The minimum atomic E-state index is -0.487. The Balaban J connectivity index is 1.56. The number of hydrogen-bond donors (Lipinski definition) is 1. The number of nitrogens with zero attached hydrogens (tertiary/aromatic N) is 2. The molecule has 8 heteroatoms. The van der Waals surface area contributed by atoms with Gasteiger partial charge in [-0.05, 0) is 60.2 Å². The van der Waals surface area contributed by atoms with E-state index in [-0.39, 0.29) is 24.2 Å². The van der Waals surface area contributed by atoms with Gasteiger partial charge in [0, 0.05) is 11.4 Å². The molecule has 30 heavy (non-hydrogen) atoms. The van der Waals surface area contributed by atoms with Crippen molar-refractivity contribution in [2.45, 2.75) is 12.5 Å². The first kappa shape index (κ1) is 20.0. The zero-order chi connectivity index (χ0) is 21.1. The summed E-state index contributed by atoms with van der Waals surface area (Å²) in [5, 5.41) is 9.10. The van der Waals surface area contributed by atoms with Crippen LogP contribution in [-0.2, 0) is 4.79 Å². The lowest BCUT2D eigenvalue weighted by Crippen LogP contribution is -2.32. The number of methoxy groups -OCH3 is 1. The van der Waals surface area contributed by atoms with E-state index in [0.29, 0.717) is 17.2 Å². The summed E-state index contributed by atoms with van der Waals surface area (Å²) >= 11 is 5.91. The number of nitrogens with one attached hydrogen (secondary N) is 1. The first-order valence-corrected chi connectivity index (χ1v) is 9.69. The molecular formula is C22H19ClFN3O3. The SMILES string of the molecule is COc1ccc(C2=NN(C(=O)CNc3cc(Cl)ccc3F)C(c3ccco3)C2)cc1. The summed E-state index contributed by atoms with van der Waals surface area (Å²) < 4.78 is 24.7. The summed E-state index contributed by atoms with van der Waals surface area (Å²) in [4.78, 5) is 12.9. The van der Waals surface area contributed by atoms with Crippen LogP contribution in [0.15, 0.2) is 70.4 Å². The van der Waals surface area contributed by atoms with Crippen LogP contribution in [0.25, 0.3) is 0 Å². The molecule has 0 saturated carbocycles. The molecule has 4 rings (SSSR count). The summed E-state index contributed by atoms with van der Waals surface area (Å²) in [7, 11) is 1.60. The lowest BCUT2D eigenvalue weighted by molar-refractivity contribution is -0.131. The Labute approximate surface area is 177 Å². The van der Waals surface area contributed by atoms with E-state index in [1.54, 1.807) is 19.4 Å². The van der Waals surface area contributed by atoms with Gasteiger partial charge < -0.3 is 14.5 Å². The maximum atomic E-state index is 13.9. The van der Waals surface area contributed by atoms with Gasteiger partial charge in [-0.15, -0.1) is 0 Å². The van der Waals surface area contributed by atoms with Crippen LogP contribution in [0.2, 0.25) is 5.02 Å². The Hall–Kier alpha value is -3.32. The summed E-state index contributed by atoms with van der Waals surface area (Å²) in [6.07, 6.45) is 2.06. The topological polar surface area (TPSA) is 67.1 Å². The third-order valence-corrected chi connectivity index (χ3v) is 5.05. The van der Waals surface area contributed by atoms with Gasteiger partial charge in [-0.3, -0.25) is 4.79 Å². The van der Waals surface area contributed by atoms with Crippen LogP contribution in [0.1, 0.15) is 23.8 Å². The zero-order valence-corrected chi connectivity index (χ0v) is 16.9. The first-order chi connectivity index (χ1) is 14.5. The van der Waals surface area contributed by atoms with Crippen molar-refractivity contribution < 1.29 is 18.3 Å². The van der Waals surface area contributed by atoms with Gasteiger partial charge in [0.1, 0.15) is 23.4 Å². The van der Waals surface area contributed by atoms with Crippen LogP contribution in [0, 0.1) is 5.82 Å². The number of halogens is 2. The van der Waals surface area contributed by atoms with Gasteiger partial charge >= 0.3 is 0 Å². The summed E-state index contributed by atoms with van der Waals surface area (Å²) in [5.41, 5.74) is 1.79. The van der Waals surface area contributed by atoms with Crippen molar-refractivity contribution in [3.05, 3.63) is 83.0 Å². The second-order valence-corrected chi connectivity index (χ2v) is 7.16. The van der Waals surface area contributed by atoms with Crippen LogP contribution in [0.5, 0.6) is 5.75 Å². The largest absolute Gasteiger partial charge is 0.497 e. The number of furan rings is 1. The van der Waals surface area contributed by atoms with E-state index in [1.807, 2.05) is 30.3 Å². The Morgan fingerprint density at radius 3 is 2.80 bits per heavy atom. The molecule has 1 aliphatic rings. The highest BCUT2D eigenvalue weighted by molar-refractivity contribution is 6.30. The molecule has 2 aromatic carbocycles. The third kappa shape index (κ3) is 4.16. The number of carbonyl (C=O) groups is 1. The van der Waals surface area contributed by atoms with Gasteiger partial charge in [0.2, 0.25) is 0 Å². The van der Waals surface area contributed by atoms with Crippen molar-refractivity contribution >= 4 is 28.9 Å². The van der Waals surface area contributed by atoms with E-state index in [9.17, 15) is 9.18 Å². The summed E-state index contributed by atoms with van der Waals surface area (Å²) in [6, 6.07) is 14.8. The zero-order valence-electron chi connectivity index (χ0n) is 16.1. The van der Waals surface area contributed by atoms with Crippen molar-refractivity contribution in [2.24, 2.45) is 5.10 Å². The van der Waals surface area contributed by atoms with Gasteiger partial charge in [0.15, 0.2) is 0 Å². The number of hydrogen-bond acceptors (Lipinski definition) is 5. The van der Waals surface area contributed by atoms with Gasteiger partial charge in [0.05, 0.1) is 31.3 Å². The molecule has 1 aliphatic heterocycles. The second kappa shape index (κ2) is 8.59. The van der Waals surface area contributed by atoms with Gasteiger partial charge in [-0.1, -0.05) is 11.6 Å². The van der Waals surface area contributed by atoms with Crippen LogP contribution in [0.3, 0.4) is 0 Å². The molecule has 1 atom stereocenters. The van der Waals surface area contributed by atoms with Crippen LogP contribution >= 0.6 is 11.6 Å². The molecular weight excluding hydrogens is 409 g/mol. The highest BCUT2D eigenvalue weighted by atomic mass is 35.5. The molecule has 1 amide bonds. The van der Waals surface area contributed by atoms with Crippen molar-refractivity contribution in [1.29, 1.82) is 0 Å². The number of amides is 1. The van der Waals surface area contributed by atoms with Crippen molar-refractivity contribution in [1.82, 2.24) is 5.01 Å². The molecule has 1 unspecified atom stereocenters. The average molecular weight is 428 g/mol. The van der Waals surface area contributed by atoms with E-state index in [1.165, 1.54) is 23.2 Å². The van der Waals surface area contributed by atoms with E-state index in [4.69, 9.17) is 20.8 Å². The molecule has 154 valence electrons. The normalized spacial score (nSPS) is 15.8. The van der Waals surface area contributed by atoms with Crippen molar-refractivity contribution in [2.75, 3.05) is 19.0 Å². The fourth-order valence-electron chi connectivity index (χ4n) is 3.29. The highest BCUT2D eigenvalue weighted by Crippen LogP contribution is 2.33. The van der Waals surface area contributed by atoms with Gasteiger partial charge in [-0.2, -0.15) is 5.10 Å². The van der Waals surface area contributed by atoms with E-state index in [0.717, 1.165) is 17.0 Å². The van der Waals surface area contributed by atoms with Crippen LogP contribution < -0.4 is 10.1 Å². The van der Waals surface area contributed by atoms with E-state index >= 15 is 0 Å². The summed E-state index contributed by atoms with van der Waals surface area (Å²) in [5.74, 6) is 0.558. The molecule has 3 aromatic rings. The molecule has 0 spiro atoms. The van der Waals surface area contributed by atoms with E-state index < -0.39 is 5.82 Å². The molecule has 0 bridgehead atoms. The number of anilines is 1. The monoisotopic (exact) mass is 427 g/mol. The Morgan fingerprint density at radius 2 is 2.10 bits per heavy atom. The van der Waals surface area contributed by atoms with E-state index in [2.05, 4.69) is 10.4 Å². The highest BCUT2D eigenvalue weighted by Gasteiger charge is 2.34. The Kier molecular flexibility index (Phi) is 5.72. The van der Waals surface area contributed by atoms with Gasteiger partial charge in [-0.25, -0.2) is 9.40 Å². The average Bonchev–Trinajstić information content (AvgIpc) is 3.44. The number of ether oxygens (including phenoxy) is 1. The predicted octanol–water partition coefficient (Wildman–Crippen LogP) is 4.87. The Morgan fingerprint density at radius 1 is 1.30 bits per heavy atom. The van der Waals surface area contributed by atoms with Gasteiger partial charge in [0.25, 0.3) is 5.91 Å². The van der Waals surface area contributed by atoms with Crippen LogP contribution in [0.4, 0.5) is 10.1 Å². The third-order valence-electron chi connectivity index (χ3n) is 4.82. The molecule has 2 heterocycles. The number of rotatable bonds is 6. The van der Waals surface area contributed by atoms with Crippen LogP contribution in [-0.4, -0.2) is 30.3 Å². The number of benzene rings is 2. The van der Waals surface area contributed by atoms with Crippen molar-refractivity contribution in [3.63, 3.8) is 0 Å². The second-order valence-electron chi connectivity index (χ2n) is 6.73. The standard InChI is InChI=1S/C22H19ClFN3O3/c1-29-16-7-4-14(5-8-16)18-12-20(21-3-2-10-30-21)27(26-18)22(28)13-25-19-11-15(23)6-9-17(19)24/h2-11,20,25H,12-13H2,1H3. The molecule has 6 nitrogen and oxygen atoms in total. The summed E-state index contributed by atoms with van der Waals surface area (Å²) in [6.45, 7) is -0.145. The maximum Gasteiger partial charge on any atom is 0.262 e. The number of hydrazone groups is 1. The molecule has 0 saturated heterocycles. The lowest BCUT2D eigenvalue weighted by Gasteiger charge is -2.20. The molecule has 0 aliphatic carbocycles. The number of carbonyl (C=O) groups excluding carboxylic acids is 1. The quantitative estimate of drug-likeness (QED) is 0.609. The minimum Gasteiger partial charge on any atom is -0.497 e. The Bertz CT molecular complexity index is 1070. The molecule has 0 fully saturated rings. The fourth-order valence-corrected chi connectivity index (χ4v) is 3.46. The lowest BCUT2D eigenvalue weighted by atomic mass is 10.0. The predicted molar refractivity (Wildman–Crippen MR) is 112 cm³/mol. The molecule has 1 aromatic heterocycles. The molecule has 1 N–H and O–H groups in total. The fraction of sp³-hybridized carbons (Fsp3) is 0.182. The molecule has 0 radical (unpaired) electrons. The minimum absolute atomic E-state index is 0.145. The smallest absolute Gasteiger partial charge is 0.262 e. The van der Waals surface area contributed by atoms with Crippen molar-refractivity contribution in [3.8, 4) is 5.75 Å². The maximum absolute atomic E-state index is 13.9.